The molecule has 2 heterocycles. The molecule has 0 unspecified atom stereocenters. The van der Waals surface area contributed by atoms with Crippen molar-refractivity contribution in [1.82, 2.24) is 9.21 Å². The molecule has 0 bridgehead atoms. The Morgan fingerprint density at radius 2 is 1.71 bits per heavy atom. The predicted octanol–water partition coefficient (Wildman–Crippen LogP) is 2.96. The Bertz CT molecular complexity index is 661. The molecule has 2 aliphatic heterocycles. The van der Waals surface area contributed by atoms with Crippen molar-refractivity contribution in [3.05, 3.63) is 30.1 Å². The van der Waals surface area contributed by atoms with E-state index < -0.39 is 15.8 Å². The van der Waals surface area contributed by atoms with Crippen LogP contribution in [0.2, 0.25) is 0 Å². The number of piperidine rings is 2. The van der Waals surface area contributed by atoms with E-state index >= 15 is 0 Å². The topological polar surface area (TPSA) is 40.6 Å². The molecule has 2 saturated heterocycles. The van der Waals surface area contributed by atoms with Gasteiger partial charge >= 0.3 is 0 Å². The molecule has 2 aliphatic rings. The Morgan fingerprint density at radius 3 is 2.29 bits per heavy atom. The second-order valence-electron chi connectivity index (χ2n) is 7.49. The van der Waals surface area contributed by atoms with Gasteiger partial charge in [0.2, 0.25) is 10.0 Å². The summed E-state index contributed by atoms with van der Waals surface area (Å²) in [6, 6.07) is 5.76. The minimum atomic E-state index is -3.59. The highest BCUT2D eigenvalue weighted by Crippen LogP contribution is 2.28. The number of likely N-dealkylation sites (tertiary alicyclic amines) is 1. The van der Waals surface area contributed by atoms with Crippen LogP contribution in [0.15, 0.2) is 29.2 Å². The fourth-order valence-electron chi connectivity index (χ4n) is 4.23. The first-order valence-electron chi connectivity index (χ1n) is 8.86. The Labute approximate surface area is 144 Å². The van der Waals surface area contributed by atoms with Crippen LogP contribution in [-0.4, -0.2) is 49.8 Å². The van der Waals surface area contributed by atoms with Gasteiger partial charge in [0.05, 0.1) is 4.90 Å². The van der Waals surface area contributed by atoms with Crippen molar-refractivity contribution in [2.45, 2.75) is 44.0 Å². The summed E-state index contributed by atoms with van der Waals surface area (Å²) in [4.78, 5) is 2.60. The van der Waals surface area contributed by atoms with Crippen LogP contribution in [0.5, 0.6) is 0 Å². The molecule has 0 radical (unpaired) electrons. The third-order valence-corrected chi connectivity index (χ3v) is 7.17. The fourth-order valence-corrected chi connectivity index (χ4v) is 5.74. The van der Waals surface area contributed by atoms with Gasteiger partial charge in [0.25, 0.3) is 0 Å². The van der Waals surface area contributed by atoms with Crippen LogP contribution in [-0.2, 0) is 10.0 Å². The van der Waals surface area contributed by atoms with E-state index in [-0.39, 0.29) is 4.90 Å². The molecule has 0 aliphatic carbocycles. The number of hydrogen-bond acceptors (Lipinski definition) is 3. The van der Waals surface area contributed by atoms with Crippen molar-refractivity contribution in [3.63, 3.8) is 0 Å². The first-order chi connectivity index (χ1) is 11.4. The molecule has 0 saturated carbocycles. The molecule has 0 aromatic heterocycles. The van der Waals surface area contributed by atoms with Gasteiger partial charge in [-0.3, -0.25) is 4.90 Å². The lowest BCUT2D eigenvalue weighted by molar-refractivity contribution is 0.0689. The van der Waals surface area contributed by atoms with Crippen molar-refractivity contribution in [3.8, 4) is 0 Å². The normalized spacial score (nSPS) is 28.1. The van der Waals surface area contributed by atoms with Crippen LogP contribution in [0.3, 0.4) is 0 Å². The van der Waals surface area contributed by atoms with E-state index in [0.29, 0.717) is 31.0 Å². The number of sulfonamides is 1. The molecule has 2 fully saturated rings. The van der Waals surface area contributed by atoms with Gasteiger partial charge in [0.15, 0.2) is 0 Å². The summed E-state index contributed by atoms with van der Waals surface area (Å²) >= 11 is 0. The van der Waals surface area contributed by atoms with E-state index in [2.05, 4.69) is 18.7 Å². The van der Waals surface area contributed by atoms with E-state index in [9.17, 15) is 12.8 Å². The van der Waals surface area contributed by atoms with Gasteiger partial charge in [0, 0.05) is 32.2 Å². The lowest BCUT2D eigenvalue weighted by Crippen LogP contribution is -2.50. The molecular formula is C18H27FN2O2S. The van der Waals surface area contributed by atoms with Crippen LogP contribution in [0.25, 0.3) is 0 Å². The third-order valence-electron chi connectivity index (χ3n) is 5.27. The molecule has 134 valence electrons. The maximum absolute atomic E-state index is 13.4. The molecule has 1 aromatic carbocycles. The average Bonchev–Trinajstić information content (AvgIpc) is 2.54. The van der Waals surface area contributed by atoms with Crippen LogP contribution in [0.1, 0.15) is 33.1 Å². The minimum absolute atomic E-state index is 0.0566. The summed E-state index contributed by atoms with van der Waals surface area (Å²) in [7, 11) is -3.59. The molecule has 6 heteroatoms. The van der Waals surface area contributed by atoms with Crippen LogP contribution < -0.4 is 0 Å². The Balaban J connectivity index is 1.64. The van der Waals surface area contributed by atoms with E-state index in [1.54, 1.807) is 0 Å². The van der Waals surface area contributed by atoms with Crippen LogP contribution in [0, 0.1) is 17.7 Å². The van der Waals surface area contributed by atoms with E-state index in [4.69, 9.17) is 0 Å². The van der Waals surface area contributed by atoms with Gasteiger partial charge in [-0.2, -0.15) is 4.31 Å². The number of rotatable bonds is 3. The summed E-state index contributed by atoms with van der Waals surface area (Å²) in [5, 5.41) is 0. The molecule has 0 spiro atoms. The van der Waals surface area contributed by atoms with E-state index in [1.165, 1.54) is 28.9 Å². The highest BCUT2D eigenvalue weighted by atomic mass is 32.2. The smallest absolute Gasteiger partial charge is 0.243 e. The molecule has 2 atom stereocenters. The highest BCUT2D eigenvalue weighted by Gasteiger charge is 2.34. The second-order valence-corrected chi connectivity index (χ2v) is 9.43. The second kappa shape index (κ2) is 7.10. The van der Waals surface area contributed by atoms with Gasteiger partial charge in [-0.15, -0.1) is 0 Å². The first kappa shape index (κ1) is 17.8. The number of halogens is 1. The van der Waals surface area contributed by atoms with Crippen LogP contribution >= 0.6 is 0 Å². The molecule has 24 heavy (non-hydrogen) atoms. The number of nitrogens with zero attached hydrogens (tertiary/aromatic N) is 2. The summed E-state index contributed by atoms with van der Waals surface area (Å²) < 4.78 is 40.2. The van der Waals surface area contributed by atoms with Crippen molar-refractivity contribution in [2.24, 2.45) is 11.8 Å². The maximum atomic E-state index is 13.4. The lowest BCUT2D eigenvalue weighted by Gasteiger charge is -2.43. The van der Waals surface area contributed by atoms with Crippen LogP contribution in [0.4, 0.5) is 4.39 Å². The van der Waals surface area contributed by atoms with Crippen molar-refractivity contribution < 1.29 is 12.8 Å². The maximum Gasteiger partial charge on any atom is 0.243 e. The third kappa shape index (κ3) is 3.81. The summed E-state index contributed by atoms with van der Waals surface area (Å²) in [5.74, 6) is 0.910. The quantitative estimate of drug-likeness (QED) is 0.838. The molecule has 0 N–H and O–H groups in total. The van der Waals surface area contributed by atoms with Crippen molar-refractivity contribution in [2.75, 3.05) is 26.2 Å². The number of benzene rings is 1. The van der Waals surface area contributed by atoms with Gasteiger partial charge in [-0.1, -0.05) is 19.9 Å². The molecule has 1 aromatic rings. The first-order valence-corrected chi connectivity index (χ1v) is 10.3. The van der Waals surface area contributed by atoms with E-state index in [0.717, 1.165) is 32.0 Å². The molecule has 3 rings (SSSR count). The minimum Gasteiger partial charge on any atom is -0.300 e. The summed E-state index contributed by atoms with van der Waals surface area (Å²) in [5.41, 5.74) is 0. The molecular weight excluding hydrogens is 327 g/mol. The molecule has 0 amide bonds. The van der Waals surface area contributed by atoms with E-state index in [1.807, 2.05) is 0 Å². The van der Waals surface area contributed by atoms with Crippen molar-refractivity contribution >= 4 is 10.0 Å². The van der Waals surface area contributed by atoms with Gasteiger partial charge in [-0.25, -0.2) is 12.8 Å². The Kier molecular flexibility index (Phi) is 5.27. The van der Waals surface area contributed by atoms with Gasteiger partial charge < -0.3 is 0 Å². The zero-order chi connectivity index (χ0) is 17.3. The summed E-state index contributed by atoms with van der Waals surface area (Å²) in [6.45, 7) is 7.86. The monoisotopic (exact) mass is 354 g/mol. The van der Waals surface area contributed by atoms with Gasteiger partial charge in [0.1, 0.15) is 5.82 Å². The van der Waals surface area contributed by atoms with Gasteiger partial charge in [-0.05, 0) is 49.3 Å². The lowest BCUT2D eigenvalue weighted by atomic mass is 9.89. The standard InChI is InChI=1S/C18H27FN2O2S/c1-14-10-15(2)13-20(12-14)17-6-8-21(9-7-17)24(22,23)18-5-3-4-16(19)11-18/h3-5,11,14-15,17H,6-10,12-13H2,1-2H3/t14-,15-/m0/s1. The zero-order valence-corrected chi connectivity index (χ0v) is 15.3. The number of hydrogen-bond donors (Lipinski definition) is 0. The molecule has 4 nitrogen and oxygen atoms in total. The SMILES string of the molecule is C[C@H]1C[C@H](C)CN(C2CCN(S(=O)(=O)c3cccc(F)c3)CC2)C1. The fraction of sp³-hybridized carbons (Fsp3) is 0.667. The van der Waals surface area contributed by atoms with Crippen molar-refractivity contribution in [1.29, 1.82) is 0 Å². The predicted molar refractivity (Wildman–Crippen MR) is 92.7 cm³/mol. The average molecular weight is 354 g/mol. The Hall–Kier alpha value is -0.980. The largest absolute Gasteiger partial charge is 0.300 e. The Morgan fingerprint density at radius 1 is 1.08 bits per heavy atom. The zero-order valence-electron chi connectivity index (χ0n) is 14.5. The highest BCUT2D eigenvalue weighted by molar-refractivity contribution is 7.89. The summed E-state index contributed by atoms with van der Waals surface area (Å²) in [6.07, 6.45) is 2.99.